The van der Waals surface area contributed by atoms with Gasteiger partial charge in [-0.05, 0) is 33.2 Å². The van der Waals surface area contributed by atoms with Gasteiger partial charge < -0.3 is 9.63 Å². The summed E-state index contributed by atoms with van der Waals surface area (Å²) in [6, 6.07) is 1.63. The average molecular weight is 281 g/mol. The number of aliphatic carboxylic acids is 1. The van der Waals surface area contributed by atoms with Gasteiger partial charge in [-0.3, -0.25) is 19.8 Å². The number of anilines is 1. The number of amides is 1. The second-order valence-electron chi connectivity index (χ2n) is 5.56. The number of nitrogens with one attached hydrogen (secondary N) is 1. The molecule has 20 heavy (non-hydrogen) atoms. The van der Waals surface area contributed by atoms with Crippen molar-refractivity contribution in [3.63, 3.8) is 0 Å². The van der Waals surface area contributed by atoms with Crippen molar-refractivity contribution in [2.75, 3.05) is 25.0 Å². The van der Waals surface area contributed by atoms with Gasteiger partial charge in [0.2, 0.25) is 11.8 Å². The highest BCUT2D eigenvalue weighted by molar-refractivity contribution is 5.91. The summed E-state index contributed by atoms with van der Waals surface area (Å²) in [5, 5.41) is 15.5. The van der Waals surface area contributed by atoms with Gasteiger partial charge in [0, 0.05) is 12.6 Å². The SMILES string of the molecule is Cc1cc(NC(=O)CN2CCCC(C)(C(=O)O)C2)on1. The minimum atomic E-state index is -0.812. The van der Waals surface area contributed by atoms with E-state index in [4.69, 9.17) is 4.52 Å². The van der Waals surface area contributed by atoms with Crippen molar-refractivity contribution in [3.05, 3.63) is 11.8 Å². The number of carbonyl (C=O) groups excluding carboxylic acids is 1. The molecule has 1 fully saturated rings. The lowest BCUT2D eigenvalue weighted by atomic mass is 9.82. The lowest BCUT2D eigenvalue weighted by Crippen LogP contribution is -2.48. The summed E-state index contributed by atoms with van der Waals surface area (Å²) in [7, 11) is 0. The van der Waals surface area contributed by atoms with Crippen LogP contribution in [0.5, 0.6) is 0 Å². The Hall–Kier alpha value is -1.89. The zero-order chi connectivity index (χ0) is 14.8. The number of aryl methyl sites for hydroxylation is 1. The second kappa shape index (κ2) is 5.62. The lowest BCUT2D eigenvalue weighted by Gasteiger charge is -2.36. The maximum absolute atomic E-state index is 11.9. The maximum atomic E-state index is 11.9. The molecule has 7 heteroatoms. The average Bonchev–Trinajstić information content (AvgIpc) is 2.74. The predicted octanol–water partition coefficient (Wildman–Crippen LogP) is 1.11. The van der Waals surface area contributed by atoms with E-state index in [0.717, 1.165) is 13.0 Å². The summed E-state index contributed by atoms with van der Waals surface area (Å²) in [5.74, 6) is -0.727. The van der Waals surface area contributed by atoms with Crippen LogP contribution in [0.15, 0.2) is 10.6 Å². The molecule has 1 atom stereocenters. The fourth-order valence-electron chi connectivity index (χ4n) is 2.46. The van der Waals surface area contributed by atoms with Crippen LogP contribution in [0.25, 0.3) is 0 Å². The molecular weight excluding hydrogens is 262 g/mol. The summed E-state index contributed by atoms with van der Waals surface area (Å²) in [4.78, 5) is 25.0. The Morgan fingerprint density at radius 3 is 2.95 bits per heavy atom. The molecule has 2 rings (SSSR count). The molecule has 1 amide bonds. The molecule has 2 N–H and O–H groups in total. The van der Waals surface area contributed by atoms with Crippen molar-refractivity contribution in [1.82, 2.24) is 10.1 Å². The van der Waals surface area contributed by atoms with Gasteiger partial charge in [-0.2, -0.15) is 0 Å². The third kappa shape index (κ3) is 3.36. The van der Waals surface area contributed by atoms with Crippen molar-refractivity contribution in [2.24, 2.45) is 5.41 Å². The number of piperidine rings is 1. The van der Waals surface area contributed by atoms with E-state index in [2.05, 4.69) is 10.5 Å². The van der Waals surface area contributed by atoms with Crippen LogP contribution in [0.1, 0.15) is 25.5 Å². The molecule has 1 aromatic rings. The minimum absolute atomic E-state index is 0.155. The second-order valence-corrected chi connectivity index (χ2v) is 5.56. The van der Waals surface area contributed by atoms with Crippen LogP contribution >= 0.6 is 0 Å². The van der Waals surface area contributed by atoms with E-state index in [-0.39, 0.29) is 12.5 Å². The molecule has 0 spiro atoms. The highest BCUT2D eigenvalue weighted by atomic mass is 16.5. The molecule has 0 bridgehead atoms. The fourth-order valence-corrected chi connectivity index (χ4v) is 2.46. The summed E-state index contributed by atoms with van der Waals surface area (Å²) >= 11 is 0. The number of hydrogen-bond acceptors (Lipinski definition) is 5. The van der Waals surface area contributed by atoms with Crippen LogP contribution in [0, 0.1) is 12.3 Å². The molecule has 0 saturated carbocycles. The van der Waals surface area contributed by atoms with E-state index >= 15 is 0 Å². The topological polar surface area (TPSA) is 95.7 Å². The molecule has 1 saturated heterocycles. The summed E-state index contributed by atoms with van der Waals surface area (Å²) in [6.45, 7) is 4.75. The molecule has 110 valence electrons. The van der Waals surface area contributed by atoms with Crippen molar-refractivity contribution in [3.8, 4) is 0 Å². The Balaban J connectivity index is 1.89. The Bertz CT molecular complexity index is 513. The Morgan fingerprint density at radius 1 is 1.60 bits per heavy atom. The number of nitrogens with zero attached hydrogens (tertiary/aromatic N) is 2. The van der Waals surface area contributed by atoms with Crippen LogP contribution in [0.4, 0.5) is 5.88 Å². The fraction of sp³-hybridized carbons (Fsp3) is 0.615. The zero-order valence-corrected chi connectivity index (χ0v) is 11.7. The van der Waals surface area contributed by atoms with Crippen LogP contribution in [0.2, 0.25) is 0 Å². The van der Waals surface area contributed by atoms with Gasteiger partial charge in [0.15, 0.2) is 0 Å². The van der Waals surface area contributed by atoms with Crippen LogP contribution in [0.3, 0.4) is 0 Å². The number of hydrogen-bond donors (Lipinski definition) is 2. The summed E-state index contributed by atoms with van der Waals surface area (Å²) < 4.78 is 4.91. The third-order valence-corrected chi connectivity index (χ3v) is 3.55. The van der Waals surface area contributed by atoms with Gasteiger partial charge in [0.25, 0.3) is 0 Å². The van der Waals surface area contributed by atoms with E-state index in [9.17, 15) is 14.7 Å². The van der Waals surface area contributed by atoms with Gasteiger partial charge in [-0.1, -0.05) is 5.16 Å². The van der Waals surface area contributed by atoms with Gasteiger partial charge >= 0.3 is 5.97 Å². The number of rotatable bonds is 4. The van der Waals surface area contributed by atoms with E-state index in [1.54, 1.807) is 19.9 Å². The Morgan fingerprint density at radius 2 is 2.35 bits per heavy atom. The molecule has 0 radical (unpaired) electrons. The van der Waals surface area contributed by atoms with E-state index in [1.165, 1.54) is 0 Å². The normalized spacial score (nSPS) is 23.5. The maximum Gasteiger partial charge on any atom is 0.310 e. The number of carboxylic acid groups (broad SMARTS) is 1. The summed E-state index contributed by atoms with van der Waals surface area (Å²) in [5.41, 5.74) is -0.0850. The molecular formula is C13H19N3O4. The van der Waals surface area contributed by atoms with Crippen LogP contribution in [-0.2, 0) is 9.59 Å². The highest BCUT2D eigenvalue weighted by Gasteiger charge is 2.38. The number of carbonyl (C=O) groups is 2. The zero-order valence-electron chi connectivity index (χ0n) is 11.7. The molecule has 1 unspecified atom stereocenters. The van der Waals surface area contributed by atoms with Crippen molar-refractivity contribution >= 4 is 17.8 Å². The predicted molar refractivity (Wildman–Crippen MR) is 71.3 cm³/mol. The van der Waals surface area contributed by atoms with Crippen LogP contribution in [-0.4, -0.2) is 46.7 Å². The first-order valence-electron chi connectivity index (χ1n) is 6.58. The monoisotopic (exact) mass is 281 g/mol. The molecule has 1 aliphatic heterocycles. The number of aromatic nitrogens is 1. The van der Waals surface area contributed by atoms with Crippen molar-refractivity contribution < 1.29 is 19.2 Å². The van der Waals surface area contributed by atoms with Gasteiger partial charge in [0.05, 0.1) is 17.7 Å². The van der Waals surface area contributed by atoms with Gasteiger partial charge in [-0.15, -0.1) is 0 Å². The molecule has 1 aromatic heterocycles. The minimum Gasteiger partial charge on any atom is -0.481 e. The summed E-state index contributed by atoms with van der Waals surface area (Å²) in [6.07, 6.45) is 1.42. The first-order chi connectivity index (χ1) is 9.39. The smallest absolute Gasteiger partial charge is 0.310 e. The van der Waals surface area contributed by atoms with E-state index in [0.29, 0.717) is 24.5 Å². The van der Waals surface area contributed by atoms with E-state index in [1.807, 2.05) is 4.90 Å². The highest BCUT2D eigenvalue weighted by Crippen LogP contribution is 2.29. The largest absolute Gasteiger partial charge is 0.481 e. The Labute approximate surface area is 116 Å². The molecule has 0 aromatic carbocycles. The Kier molecular flexibility index (Phi) is 4.08. The molecule has 2 heterocycles. The van der Waals surface area contributed by atoms with Crippen molar-refractivity contribution in [1.29, 1.82) is 0 Å². The third-order valence-electron chi connectivity index (χ3n) is 3.55. The van der Waals surface area contributed by atoms with Crippen molar-refractivity contribution in [2.45, 2.75) is 26.7 Å². The quantitative estimate of drug-likeness (QED) is 0.858. The first-order valence-corrected chi connectivity index (χ1v) is 6.58. The van der Waals surface area contributed by atoms with Gasteiger partial charge in [0.1, 0.15) is 0 Å². The number of likely N-dealkylation sites (tertiary alicyclic amines) is 1. The van der Waals surface area contributed by atoms with E-state index < -0.39 is 11.4 Å². The van der Waals surface area contributed by atoms with Crippen LogP contribution < -0.4 is 5.32 Å². The molecule has 1 aliphatic rings. The first kappa shape index (κ1) is 14.5. The number of carboxylic acids is 1. The lowest BCUT2D eigenvalue weighted by molar-refractivity contribution is -0.151. The molecule has 7 nitrogen and oxygen atoms in total. The standard InChI is InChI=1S/C13H19N3O4/c1-9-6-11(20-15-9)14-10(17)7-16-5-3-4-13(2,8-16)12(18)19/h6H,3-5,7-8H2,1-2H3,(H,14,17)(H,18,19). The van der Waals surface area contributed by atoms with Gasteiger partial charge in [-0.25, -0.2) is 0 Å². The molecule has 0 aliphatic carbocycles.